The van der Waals surface area contributed by atoms with E-state index in [0.29, 0.717) is 57.7 Å². The Morgan fingerprint density at radius 2 is 1.57 bits per heavy atom. The number of carbonyl (C=O) groups is 3. The normalized spacial score (nSPS) is 17.8. The zero-order chi connectivity index (χ0) is 30.8. The molecule has 2 aromatic carbocycles. The summed E-state index contributed by atoms with van der Waals surface area (Å²) < 4.78 is 5.50. The van der Waals surface area contributed by atoms with E-state index < -0.39 is 5.60 Å². The van der Waals surface area contributed by atoms with E-state index in [4.69, 9.17) is 4.74 Å². The third kappa shape index (κ3) is 6.90. The molecule has 2 N–H and O–H groups in total. The van der Waals surface area contributed by atoms with Gasteiger partial charge in [0.2, 0.25) is 5.91 Å². The monoisotopic (exact) mass is 598 g/mol. The van der Waals surface area contributed by atoms with Gasteiger partial charge in [-0.3, -0.25) is 14.6 Å². The lowest BCUT2D eigenvalue weighted by Crippen LogP contribution is -2.52. The SMILES string of the molecule is CC(C)(C)OC(=O)N1CCC(C(=O)N2CCN(c3ccc4ncc(C(=O)NC5CC5)c(Nc5ccccc5)c4c3)CC2)CC1. The molecule has 1 aromatic heterocycles. The number of ether oxygens (including phenoxy) is 1. The van der Waals surface area contributed by atoms with Crippen molar-refractivity contribution in [3.63, 3.8) is 0 Å². The van der Waals surface area contributed by atoms with E-state index in [9.17, 15) is 14.4 Å². The summed E-state index contributed by atoms with van der Waals surface area (Å²) in [5, 5.41) is 7.48. The lowest BCUT2D eigenvalue weighted by molar-refractivity contribution is -0.137. The minimum atomic E-state index is -0.530. The molecule has 1 aliphatic carbocycles. The molecule has 232 valence electrons. The number of hydrogen-bond donors (Lipinski definition) is 2. The molecule has 0 atom stereocenters. The number of pyridine rings is 1. The van der Waals surface area contributed by atoms with Gasteiger partial charge < -0.3 is 30.1 Å². The number of benzene rings is 2. The number of aromatic nitrogens is 1. The van der Waals surface area contributed by atoms with Gasteiger partial charge in [0.15, 0.2) is 0 Å². The number of likely N-dealkylation sites (tertiary alicyclic amines) is 1. The summed E-state index contributed by atoms with van der Waals surface area (Å²) in [6.45, 7) is 9.37. The number of carbonyl (C=O) groups excluding carboxylic acids is 3. The summed E-state index contributed by atoms with van der Waals surface area (Å²) in [7, 11) is 0. The number of nitrogens with one attached hydrogen (secondary N) is 2. The molecule has 3 aromatic rings. The summed E-state index contributed by atoms with van der Waals surface area (Å²) >= 11 is 0. The third-order valence-corrected chi connectivity index (χ3v) is 8.50. The minimum absolute atomic E-state index is 0.0706. The van der Waals surface area contributed by atoms with E-state index in [-0.39, 0.29) is 29.9 Å². The van der Waals surface area contributed by atoms with Crippen LogP contribution in [0.5, 0.6) is 0 Å². The number of anilines is 3. The van der Waals surface area contributed by atoms with Crippen LogP contribution in [0.25, 0.3) is 10.9 Å². The molecule has 1 saturated carbocycles. The lowest BCUT2D eigenvalue weighted by atomic mass is 9.95. The van der Waals surface area contributed by atoms with Crippen LogP contribution in [-0.2, 0) is 9.53 Å². The molecule has 0 bridgehead atoms. The Bertz CT molecular complexity index is 1520. The summed E-state index contributed by atoms with van der Waals surface area (Å²) in [5.74, 6) is -0.00883. The number of piperidine rings is 1. The highest BCUT2D eigenvalue weighted by atomic mass is 16.6. The fourth-order valence-corrected chi connectivity index (χ4v) is 5.92. The van der Waals surface area contributed by atoms with Crippen LogP contribution in [0.4, 0.5) is 21.9 Å². The van der Waals surface area contributed by atoms with E-state index in [1.165, 1.54) is 0 Å². The van der Waals surface area contributed by atoms with Crippen molar-refractivity contribution in [2.75, 3.05) is 49.5 Å². The number of piperazine rings is 1. The average Bonchev–Trinajstić information content (AvgIpc) is 3.84. The first-order chi connectivity index (χ1) is 21.1. The van der Waals surface area contributed by atoms with Crippen LogP contribution in [0.1, 0.15) is 56.8 Å². The molecule has 0 spiro atoms. The smallest absolute Gasteiger partial charge is 0.410 e. The number of para-hydroxylation sites is 1. The largest absolute Gasteiger partial charge is 0.444 e. The van der Waals surface area contributed by atoms with Gasteiger partial charge in [-0.2, -0.15) is 0 Å². The molecule has 10 heteroatoms. The topological polar surface area (TPSA) is 107 Å². The molecule has 3 amide bonds. The Labute approximate surface area is 258 Å². The standard InChI is InChI=1S/C34H42N6O4/c1-34(2,3)44-33(43)40-15-13-23(14-16-40)32(42)39-19-17-38(18-20-39)26-11-12-29-27(21-26)30(36-24-7-5-4-6-8-24)28(22-35-29)31(41)37-25-9-10-25/h4-8,11-12,21-23,25H,9-10,13-20H2,1-3H3,(H,35,36)(H,37,41). The van der Waals surface area contributed by atoms with Crippen molar-refractivity contribution < 1.29 is 19.1 Å². The fourth-order valence-electron chi connectivity index (χ4n) is 5.92. The first-order valence-electron chi connectivity index (χ1n) is 15.7. The molecule has 3 aliphatic rings. The summed E-state index contributed by atoms with van der Waals surface area (Å²) in [6.07, 6.45) is 4.69. The van der Waals surface area contributed by atoms with Gasteiger partial charge in [0.25, 0.3) is 5.91 Å². The van der Waals surface area contributed by atoms with Crippen molar-refractivity contribution in [1.82, 2.24) is 20.1 Å². The molecular formula is C34H42N6O4. The molecule has 0 unspecified atom stereocenters. The van der Waals surface area contributed by atoms with Gasteiger partial charge in [-0.1, -0.05) is 18.2 Å². The molecule has 44 heavy (non-hydrogen) atoms. The van der Waals surface area contributed by atoms with Crippen LogP contribution in [0.15, 0.2) is 54.7 Å². The van der Waals surface area contributed by atoms with Gasteiger partial charge in [0.1, 0.15) is 5.60 Å². The Morgan fingerprint density at radius 3 is 2.23 bits per heavy atom. The Morgan fingerprint density at radius 1 is 0.864 bits per heavy atom. The third-order valence-electron chi connectivity index (χ3n) is 8.50. The number of amides is 3. The van der Waals surface area contributed by atoms with Crippen molar-refractivity contribution in [2.45, 2.75) is 58.1 Å². The van der Waals surface area contributed by atoms with Crippen LogP contribution >= 0.6 is 0 Å². The van der Waals surface area contributed by atoms with Crippen molar-refractivity contribution in [3.8, 4) is 0 Å². The highest BCUT2D eigenvalue weighted by molar-refractivity contribution is 6.08. The van der Waals surface area contributed by atoms with Gasteiger partial charge in [-0.15, -0.1) is 0 Å². The first-order valence-corrected chi connectivity index (χ1v) is 15.7. The van der Waals surface area contributed by atoms with Crippen molar-refractivity contribution in [3.05, 3.63) is 60.3 Å². The molecule has 10 nitrogen and oxygen atoms in total. The van der Waals surface area contributed by atoms with Crippen LogP contribution in [0.3, 0.4) is 0 Å². The average molecular weight is 599 g/mol. The predicted molar refractivity (Wildman–Crippen MR) is 171 cm³/mol. The van der Waals surface area contributed by atoms with E-state index in [1.807, 2.05) is 62.1 Å². The van der Waals surface area contributed by atoms with Crippen molar-refractivity contribution in [1.29, 1.82) is 0 Å². The van der Waals surface area contributed by atoms with E-state index in [1.54, 1.807) is 11.1 Å². The van der Waals surface area contributed by atoms with E-state index >= 15 is 0 Å². The van der Waals surface area contributed by atoms with Crippen LogP contribution in [-0.4, -0.2) is 83.6 Å². The van der Waals surface area contributed by atoms with Crippen LogP contribution in [0.2, 0.25) is 0 Å². The Balaban J connectivity index is 1.13. The number of rotatable bonds is 6. The highest BCUT2D eigenvalue weighted by Gasteiger charge is 2.33. The maximum absolute atomic E-state index is 13.4. The zero-order valence-corrected chi connectivity index (χ0v) is 25.8. The Kier molecular flexibility index (Phi) is 8.33. The van der Waals surface area contributed by atoms with Gasteiger partial charge in [-0.25, -0.2) is 4.79 Å². The van der Waals surface area contributed by atoms with Gasteiger partial charge >= 0.3 is 6.09 Å². The number of fused-ring (bicyclic) bond motifs is 1. The van der Waals surface area contributed by atoms with Crippen molar-refractivity contribution >= 4 is 45.9 Å². The maximum atomic E-state index is 13.4. The van der Waals surface area contributed by atoms with E-state index in [0.717, 1.165) is 40.8 Å². The van der Waals surface area contributed by atoms with Gasteiger partial charge in [0, 0.05) is 74.2 Å². The fraction of sp³-hybridized carbons (Fsp3) is 0.471. The molecule has 0 radical (unpaired) electrons. The van der Waals surface area contributed by atoms with Gasteiger partial charge in [-0.05, 0) is 76.8 Å². The molecule has 2 aliphatic heterocycles. The second-order valence-corrected chi connectivity index (χ2v) is 13.0. The van der Waals surface area contributed by atoms with Crippen LogP contribution in [0, 0.1) is 5.92 Å². The van der Waals surface area contributed by atoms with Crippen molar-refractivity contribution in [2.24, 2.45) is 5.92 Å². The van der Waals surface area contributed by atoms with Crippen LogP contribution < -0.4 is 15.5 Å². The van der Waals surface area contributed by atoms with E-state index in [2.05, 4.69) is 32.7 Å². The second kappa shape index (κ2) is 12.3. The second-order valence-electron chi connectivity index (χ2n) is 13.0. The molecular weight excluding hydrogens is 556 g/mol. The maximum Gasteiger partial charge on any atom is 0.410 e. The predicted octanol–water partition coefficient (Wildman–Crippen LogP) is 5.17. The molecule has 3 heterocycles. The Hall–Kier alpha value is -4.34. The minimum Gasteiger partial charge on any atom is -0.444 e. The molecule has 6 rings (SSSR count). The molecule has 3 fully saturated rings. The summed E-state index contributed by atoms with van der Waals surface area (Å²) in [5.41, 5.74) is 3.48. The number of hydrogen-bond acceptors (Lipinski definition) is 7. The number of nitrogens with zero attached hydrogens (tertiary/aromatic N) is 4. The zero-order valence-electron chi connectivity index (χ0n) is 25.8. The first kappa shape index (κ1) is 29.7. The summed E-state index contributed by atoms with van der Waals surface area (Å²) in [6, 6.07) is 16.3. The highest BCUT2D eigenvalue weighted by Crippen LogP contribution is 2.33. The quantitative estimate of drug-likeness (QED) is 0.403. The van der Waals surface area contributed by atoms with Gasteiger partial charge in [0.05, 0.1) is 16.8 Å². The molecule has 2 saturated heterocycles. The lowest BCUT2D eigenvalue weighted by Gasteiger charge is -2.39. The summed E-state index contributed by atoms with van der Waals surface area (Å²) in [4.78, 5) is 49.6.